The van der Waals surface area contributed by atoms with Crippen molar-refractivity contribution in [3.63, 3.8) is 0 Å². The lowest BCUT2D eigenvalue weighted by atomic mass is 10.2. The third-order valence-corrected chi connectivity index (χ3v) is 6.04. The van der Waals surface area contributed by atoms with Gasteiger partial charge in [0.25, 0.3) is 0 Å². The zero-order valence-electron chi connectivity index (χ0n) is 16.4. The van der Waals surface area contributed by atoms with Crippen LogP contribution in [0.5, 0.6) is 0 Å². The molecule has 1 aromatic carbocycles. The SMILES string of the molecule is O=C(NCc1ccccc1)Nc1nc(-c2ccc(CN3CCCCCC3)s2)n[nH]1. The summed E-state index contributed by atoms with van der Waals surface area (Å²) in [5.74, 6) is 0.948. The van der Waals surface area contributed by atoms with E-state index < -0.39 is 0 Å². The summed E-state index contributed by atoms with van der Waals surface area (Å²) in [7, 11) is 0. The predicted octanol–water partition coefficient (Wildman–Crippen LogP) is 4.23. The van der Waals surface area contributed by atoms with Crippen LogP contribution >= 0.6 is 11.3 Å². The highest BCUT2D eigenvalue weighted by Gasteiger charge is 2.14. The molecule has 1 aliphatic rings. The van der Waals surface area contributed by atoms with Gasteiger partial charge in [-0.2, -0.15) is 10.1 Å². The van der Waals surface area contributed by atoms with Gasteiger partial charge in [0.05, 0.1) is 4.88 Å². The molecule has 7 nitrogen and oxygen atoms in total. The number of anilines is 1. The molecule has 2 aromatic heterocycles. The van der Waals surface area contributed by atoms with Gasteiger partial charge < -0.3 is 5.32 Å². The molecule has 3 aromatic rings. The van der Waals surface area contributed by atoms with Crippen LogP contribution in [0.25, 0.3) is 10.7 Å². The summed E-state index contributed by atoms with van der Waals surface area (Å²) in [6.07, 6.45) is 5.28. The van der Waals surface area contributed by atoms with Crippen molar-refractivity contribution in [2.45, 2.75) is 38.8 Å². The minimum Gasteiger partial charge on any atom is -0.334 e. The molecule has 152 valence electrons. The largest absolute Gasteiger partial charge is 0.334 e. The molecule has 0 radical (unpaired) electrons. The molecule has 2 amide bonds. The van der Waals surface area contributed by atoms with E-state index in [9.17, 15) is 4.79 Å². The number of likely N-dealkylation sites (tertiary alicyclic amines) is 1. The number of hydrogen-bond acceptors (Lipinski definition) is 5. The van der Waals surface area contributed by atoms with E-state index in [-0.39, 0.29) is 6.03 Å². The summed E-state index contributed by atoms with van der Waals surface area (Å²) in [4.78, 5) is 21.3. The summed E-state index contributed by atoms with van der Waals surface area (Å²) in [6.45, 7) is 3.81. The Morgan fingerprint density at radius 2 is 1.86 bits per heavy atom. The first-order valence-corrected chi connectivity index (χ1v) is 10.9. The van der Waals surface area contributed by atoms with Crippen molar-refractivity contribution in [3.8, 4) is 10.7 Å². The standard InChI is InChI=1S/C21H26N6OS/c28-21(22-14-16-8-4-3-5-9-16)24-20-23-19(25-26-20)18-11-10-17(29-18)15-27-12-6-1-2-7-13-27/h3-5,8-11H,1-2,6-7,12-15H2,(H3,22,23,24,25,26,28). The van der Waals surface area contributed by atoms with E-state index in [0.717, 1.165) is 17.0 Å². The lowest BCUT2D eigenvalue weighted by Crippen LogP contribution is -2.28. The molecule has 1 saturated heterocycles. The fourth-order valence-corrected chi connectivity index (χ4v) is 4.44. The minimum atomic E-state index is -0.315. The van der Waals surface area contributed by atoms with E-state index in [4.69, 9.17) is 0 Å². The third-order valence-electron chi connectivity index (χ3n) is 4.97. The number of carbonyl (C=O) groups excluding carboxylic acids is 1. The Labute approximate surface area is 174 Å². The number of hydrogen-bond donors (Lipinski definition) is 3. The first-order chi connectivity index (χ1) is 14.3. The molecule has 0 aliphatic carbocycles. The highest BCUT2D eigenvalue weighted by molar-refractivity contribution is 7.15. The number of H-pyrrole nitrogens is 1. The van der Waals surface area contributed by atoms with Crippen molar-refractivity contribution >= 4 is 23.3 Å². The van der Waals surface area contributed by atoms with Crippen molar-refractivity contribution in [2.24, 2.45) is 0 Å². The first-order valence-electron chi connectivity index (χ1n) is 10.1. The number of rotatable bonds is 6. The van der Waals surface area contributed by atoms with E-state index in [1.807, 2.05) is 30.3 Å². The number of urea groups is 1. The van der Waals surface area contributed by atoms with Gasteiger partial charge in [0.1, 0.15) is 0 Å². The van der Waals surface area contributed by atoms with Gasteiger partial charge in [0.2, 0.25) is 5.95 Å². The van der Waals surface area contributed by atoms with Crippen LogP contribution in [0.4, 0.5) is 10.7 Å². The molecular formula is C21H26N6OS. The van der Waals surface area contributed by atoms with Gasteiger partial charge >= 0.3 is 6.03 Å². The van der Waals surface area contributed by atoms with Gasteiger partial charge in [-0.25, -0.2) is 9.89 Å². The smallest absolute Gasteiger partial charge is 0.321 e. The highest BCUT2D eigenvalue weighted by Crippen LogP contribution is 2.27. The zero-order chi connectivity index (χ0) is 19.9. The van der Waals surface area contributed by atoms with Crippen molar-refractivity contribution < 1.29 is 4.79 Å². The Hall–Kier alpha value is -2.71. The summed E-state index contributed by atoms with van der Waals surface area (Å²) >= 11 is 1.71. The van der Waals surface area contributed by atoms with Crippen molar-refractivity contribution in [1.29, 1.82) is 0 Å². The molecule has 4 rings (SSSR count). The minimum absolute atomic E-state index is 0.315. The number of carbonyl (C=O) groups is 1. The topological polar surface area (TPSA) is 85.9 Å². The van der Waals surface area contributed by atoms with Gasteiger partial charge in [-0.3, -0.25) is 10.2 Å². The predicted molar refractivity (Wildman–Crippen MR) is 116 cm³/mol. The maximum atomic E-state index is 12.1. The van der Waals surface area contributed by atoms with Crippen molar-refractivity contribution in [1.82, 2.24) is 25.4 Å². The Balaban J connectivity index is 1.30. The monoisotopic (exact) mass is 410 g/mol. The van der Waals surface area contributed by atoms with Crippen LogP contribution in [0.2, 0.25) is 0 Å². The number of amides is 2. The molecule has 3 heterocycles. The normalized spacial score (nSPS) is 15.0. The second-order valence-corrected chi connectivity index (χ2v) is 8.43. The molecule has 0 atom stereocenters. The lowest BCUT2D eigenvalue weighted by molar-refractivity contribution is 0.251. The van der Waals surface area contributed by atoms with E-state index in [0.29, 0.717) is 18.3 Å². The second kappa shape index (κ2) is 9.67. The molecule has 1 aliphatic heterocycles. The fraction of sp³-hybridized carbons (Fsp3) is 0.381. The van der Waals surface area contributed by atoms with Gasteiger partial charge in [-0.15, -0.1) is 11.3 Å². The van der Waals surface area contributed by atoms with E-state index in [1.165, 1.54) is 43.6 Å². The summed E-state index contributed by atoms with van der Waals surface area (Å²) in [6, 6.07) is 13.7. The average Bonchev–Trinajstić information content (AvgIpc) is 3.31. The van der Waals surface area contributed by atoms with Crippen LogP contribution in [0.3, 0.4) is 0 Å². The maximum absolute atomic E-state index is 12.1. The van der Waals surface area contributed by atoms with Gasteiger partial charge in [-0.1, -0.05) is 43.2 Å². The molecule has 29 heavy (non-hydrogen) atoms. The third kappa shape index (κ3) is 5.65. The molecule has 3 N–H and O–H groups in total. The molecule has 0 bridgehead atoms. The molecule has 0 unspecified atom stereocenters. The molecule has 1 fully saturated rings. The Morgan fingerprint density at radius 3 is 2.66 bits per heavy atom. The van der Waals surface area contributed by atoms with E-state index in [1.54, 1.807) is 11.3 Å². The van der Waals surface area contributed by atoms with Gasteiger partial charge in [-0.05, 0) is 43.6 Å². The quantitative estimate of drug-likeness (QED) is 0.568. The number of thiophene rings is 1. The van der Waals surface area contributed by atoms with Crippen LogP contribution in [0.1, 0.15) is 36.1 Å². The average molecular weight is 411 g/mol. The maximum Gasteiger partial charge on any atom is 0.321 e. The van der Waals surface area contributed by atoms with Crippen LogP contribution < -0.4 is 10.6 Å². The molecule has 0 saturated carbocycles. The first kappa shape index (κ1) is 19.6. The Bertz CT molecular complexity index is 914. The van der Waals surface area contributed by atoms with Gasteiger partial charge in [0.15, 0.2) is 5.82 Å². The summed E-state index contributed by atoms with van der Waals surface area (Å²) in [5.41, 5.74) is 1.04. The highest BCUT2D eigenvalue weighted by atomic mass is 32.1. The number of aromatic nitrogens is 3. The number of aromatic amines is 1. The van der Waals surface area contributed by atoms with Crippen LogP contribution in [0.15, 0.2) is 42.5 Å². The van der Waals surface area contributed by atoms with Crippen molar-refractivity contribution in [3.05, 3.63) is 52.9 Å². The Morgan fingerprint density at radius 1 is 1.07 bits per heavy atom. The lowest BCUT2D eigenvalue weighted by Gasteiger charge is -2.18. The zero-order valence-corrected chi connectivity index (χ0v) is 17.2. The molecular weight excluding hydrogens is 384 g/mol. The fourth-order valence-electron chi connectivity index (χ4n) is 3.46. The van der Waals surface area contributed by atoms with Gasteiger partial charge in [0, 0.05) is 18.0 Å². The van der Waals surface area contributed by atoms with Crippen LogP contribution in [-0.4, -0.2) is 39.2 Å². The van der Waals surface area contributed by atoms with E-state index >= 15 is 0 Å². The Kier molecular flexibility index (Phi) is 6.53. The molecule has 8 heteroatoms. The molecule has 0 spiro atoms. The van der Waals surface area contributed by atoms with Crippen LogP contribution in [-0.2, 0) is 13.1 Å². The van der Waals surface area contributed by atoms with Crippen LogP contribution in [0, 0.1) is 0 Å². The van der Waals surface area contributed by atoms with Crippen molar-refractivity contribution in [2.75, 3.05) is 18.4 Å². The second-order valence-electron chi connectivity index (χ2n) is 7.26. The summed E-state index contributed by atoms with van der Waals surface area (Å²) in [5, 5.41) is 12.6. The number of nitrogens with zero attached hydrogens (tertiary/aromatic N) is 3. The van der Waals surface area contributed by atoms with E-state index in [2.05, 4.69) is 42.8 Å². The summed E-state index contributed by atoms with van der Waals surface area (Å²) < 4.78 is 0. The number of nitrogens with one attached hydrogen (secondary N) is 3. The number of benzene rings is 1.